The summed E-state index contributed by atoms with van der Waals surface area (Å²) in [4.78, 5) is 0. The summed E-state index contributed by atoms with van der Waals surface area (Å²) >= 11 is 11.9. The maximum absolute atomic E-state index is 6.06. The molecule has 0 fully saturated rings. The molecular weight excluding hydrogens is 271 g/mol. The van der Waals surface area contributed by atoms with Crippen LogP contribution in [0.3, 0.4) is 0 Å². The molecule has 2 aromatic rings. The Morgan fingerprint density at radius 2 is 2.17 bits per heavy atom. The van der Waals surface area contributed by atoms with Crippen LogP contribution in [-0.2, 0) is 19.5 Å². The van der Waals surface area contributed by atoms with Crippen molar-refractivity contribution in [2.24, 2.45) is 7.05 Å². The summed E-state index contributed by atoms with van der Waals surface area (Å²) in [6.45, 7) is 2.40. The molecule has 2 rings (SSSR count). The zero-order valence-electron chi connectivity index (χ0n) is 10.3. The lowest BCUT2D eigenvalue weighted by Crippen LogP contribution is -2.04. The number of benzene rings is 1. The molecule has 0 amide bonds. The fourth-order valence-corrected chi connectivity index (χ4v) is 2.33. The zero-order chi connectivity index (χ0) is 13.1. The number of hydrogen-bond acceptors (Lipinski definition) is 2. The molecule has 0 unspecified atom stereocenters. The lowest BCUT2D eigenvalue weighted by atomic mass is 10.2. The highest BCUT2D eigenvalue weighted by Gasteiger charge is 2.08. The Hall–Kier alpha value is -1.19. The van der Waals surface area contributed by atoms with Crippen LogP contribution in [0.15, 0.2) is 24.3 Å². The van der Waals surface area contributed by atoms with Crippen LogP contribution < -0.4 is 4.74 Å². The van der Waals surface area contributed by atoms with Crippen LogP contribution in [0.2, 0.25) is 5.02 Å². The largest absolute Gasteiger partial charge is 0.487 e. The van der Waals surface area contributed by atoms with Crippen molar-refractivity contribution in [2.75, 3.05) is 0 Å². The number of rotatable bonds is 4. The van der Waals surface area contributed by atoms with Crippen molar-refractivity contribution >= 4 is 23.2 Å². The number of aromatic nitrogens is 2. The lowest BCUT2D eigenvalue weighted by Gasteiger charge is -2.11. The number of aryl methyl sites for hydroxylation is 2. The van der Waals surface area contributed by atoms with Crippen molar-refractivity contribution in [1.82, 2.24) is 9.78 Å². The normalized spacial score (nSPS) is 10.7. The SMILES string of the molecule is Cc1cc(COc2cccc(Cl)c2CCl)n(C)n1. The molecule has 5 heteroatoms. The maximum atomic E-state index is 6.06. The first-order valence-corrected chi connectivity index (χ1v) is 6.48. The van der Waals surface area contributed by atoms with Gasteiger partial charge >= 0.3 is 0 Å². The fourth-order valence-electron chi connectivity index (χ4n) is 1.75. The standard InChI is InChI=1S/C13H14Cl2N2O/c1-9-6-10(17(2)16-9)8-18-13-5-3-4-12(15)11(13)7-14/h3-6H,7-8H2,1-2H3. The molecule has 0 aliphatic carbocycles. The van der Waals surface area contributed by atoms with Crippen molar-refractivity contribution < 1.29 is 4.74 Å². The van der Waals surface area contributed by atoms with Crippen LogP contribution in [-0.4, -0.2) is 9.78 Å². The molecule has 0 aliphatic heterocycles. The Morgan fingerprint density at radius 3 is 2.78 bits per heavy atom. The van der Waals surface area contributed by atoms with Crippen LogP contribution in [0.4, 0.5) is 0 Å². The van der Waals surface area contributed by atoms with Gasteiger partial charge in [-0.3, -0.25) is 4.68 Å². The van der Waals surface area contributed by atoms with Crippen molar-refractivity contribution in [3.8, 4) is 5.75 Å². The van der Waals surface area contributed by atoms with Gasteiger partial charge in [0.1, 0.15) is 12.4 Å². The summed E-state index contributed by atoms with van der Waals surface area (Å²) in [5.74, 6) is 1.05. The van der Waals surface area contributed by atoms with Gasteiger partial charge < -0.3 is 4.74 Å². The summed E-state index contributed by atoms with van der Waals surface area (Å²) in [5.41, 5.74) is 2.80. The quantitative estimate of drug-likeness (QED) is 0.801. The summed E-state index contributed by atoms with van der Waals surface area (Å²) < 4.78 is 7.57. The van der Waals surface area contributed by atoms with E-state index in [-0.39, 0.29) is 0 Å². The van der Waals surface area contributed by atoms with Gasteiger partial charge in [-0.15, -0.1) is 11.6 Å². The molecule has 0 bridgehead atoms. The molecule has 0 N–H and O–H groups in total. The minimum Gasteiger partial charge on any atom is -0.487 e. The summed E-state index contributed by atoms with van der Waals surface area (Å²) in [7, 11) is 1.89. The van der Waals surface area contributed by atoms with E-state index in [2.05, 4.69) is 5.10 Å². The average Bonchev–Trinajstić information content (AvgIpc) is 2.65. The predicted octanol–water partition coefficient (Wildman–Crippen LogP) is 3.70. The number of halogens is 2. The van der Waals surface area contributed by atoms with E-state index in [1.807, 2.05) is 32.2 Å². The van der Waals surface area contributed by atoms with Crippen LogP contribution in [0.1, 0.15) is 17.0 Å². The van der Waals surface area contributed by atoms with Gasteiger partial charge in [-0.25, -0.2) is 0 Å². The predicted molar refractivity (Wildman–Crippen MR) is 73.3 cm³/mol. The van der Waals surface area contributed by atoms with Gasteiger partial charge in [-0.2, -0.15) is 5.10 Å². The first-order valence-electron chi connectivity index (χ1n) is 5.57. The number of hydrogen-bond donors (Lipinski definition) is 0. The Kier molecular flexibility index (Phi) is 4.15. The van der Waals surface area contributed by atoms with Gasteiger partial charge in [0.05, 0.1) is 17.3 Å². The van der Waals surface area contributed by atoms with Crippen molar-refractivity contribution in [1.29, 1.82) is 0 Å². The zero-order valence-corrected chi connectivity index (χ0v) is 11.8. The summed E-state index contributed by atoms with van der Waals surface area (Å²) in [6, 6.07) is 7.51. The Bertz CT molecular complexity index is 552. The average molecular weight is 285 g/mol. The van der Waals surface area contributed by atoms with Crippen molar-refractivity contribution in [3.63, 3.8) is 0 Å². The first kappa shape index (κ1) is 13.2. The van der Waals surface area contributed by atoms with E-state index in [9.17, 15) is 0 Å². The minimum atomic E-state index is 0.333. The molecule has 0 aliphatic rings. The third-order valence-electron chi connectivity index (χ3n) is 2.68. The van der Waals surface area contributed by atoms with Gasteiger partial charge in [0.2, 0.25) is 0 Å². The molecular formula is C13H14Cl2N2O. The molecule has 3 nitrogen and oxygen atoms in total. The fraction of sp³-hybridized carbons (Fsp3) is 0.308. The molecule has 0 spiro atoms. The van der Waals surface area contributed by atoms with Gasteiger partial charge in [0.15, 0.2) is 0 Å². The van der Waals surface area contributed by atoms with Gasteiger partial charge in [-0.1, -0.05) is 17.7 Å². The number of nitrogens with zero attached hydrogens (tertiary/aromatic N) is 2. The summed E-state index contributed by atoms with van der Waals surface area (Å²) in [5, 5.41) is 4.90. The highest BCUT2D eigenvalue weighted by Crippen LogP contribution is 2.28. The highest BCUT2D eigenvalue weighted by atomic mass is 35.5. The van der Waals surface area contributed by atoms with Crippen molar-refractivity contribution in [3.05, 3.63) is 46.2 Å². The smallest absolute Gasteiger partial charge is 0.130 e. The first-order chi connectivity index (χ1) is 8.61. The van der Waals surface area contributed by atoms with E-state index in [0.29, 0.717) is 17.5 Å². The van der Waals surface area contributed by atoms with E-state index in [4.69, 9.17) is 27.9 Å². The van der Waals surface area contributed by atoms with E-state index < -0.39 is 0 Å². The van der Waals surface area contributed by atoms with Gasteiger partial charge in [0, 0.05) is 17.6 Å². The molecule has 1 heterocycles. The van der Waals surface area contributed by atoms with Crippen molar-refractivity contribution in [2.45, 2.75) is 19.4 Å². The van der Waals surface area contributed by atoms with Gasteiger partial charge in [0.25, 0.3) is 0 Å². The van der Waals surface area contributed by atoms with E-state index >= 15 is 0 Å². The lowest BCUT2D eigenvalue weighted by molar-refractivity contribution is 0.292. The molecule has 18 heavy (non-hydrogen) atoms. The Balaban J connectivity index is 2.15. The molecule has 1 aromatic carbocycles. The minimum absolute atomic E-state index is 0.333. The van der Waals surface area contributed by atoms with Gasteiger partial charge in [-0.05, 0) is 25.1 Å². The third kappa shape index (κ3) is 2.79. The molecule has 96 valence electrons. The molecule has 0 radical (unpaired) electrons. The molecule has 0 saturated carbocycles. The Morgan fingerprint density at radius 1 is 1.39 bits per heavy atom. The molecule has 0 atom stereocenters. The third-order valence-corrected chi connectivity index (χ3v) is 3.31. The molecule has 1 aromatic heterocycles. The number of ether oxygens (including phenoxy) is 1. The van der Waals surface area contributed by atoms with Crippen LogP contribution in [0.5, 0.6) is 5.75 Å². The summed E-state index contributed by atoms with van der Waals surface area (Å²) in [6.07, 6.45) is 0. The second-order valence-corrected chi connectivity index (χ2v) is 4.71. The second kappa shape index (κ2) is 5.63. The second-order valence-electron chi connectivity index (χ2n) is 4.04. The highest BCUT2D eigenvalue weighted by molar-refractivity contribution is 6.32. The van der Waals surface area contributed by atoms with Crippen LogP contribution in [0, 0.1) is 6.92 Å². The monoisotopic (exact) mass is 284 g/mol. The molecule has 0 saturated heterocycles. The Labute approximate surface area is 116 Å². The van der Waals surface area contributed by atoms with E-state index in [0.717, 1.165) is 22.7 Å². The maximum Gasteiger partial charge on any atom is 0.130 e. The number of alkyl halides is 1. The topological polar surface area (TPSA) is 27.1 Å². The van der Waals surface area contributed by atoms with E-state index in [1.54, 1.807) is 10.7 Å². The van der Waals surface area contributed by atoms with Crippen LogP contribution >= 0.6 is 23.2 Å². The van der Waals surface area contributed by atoms with Crippen LogP contribution in [0.25, 0.3) is 0 Å². The van der Waals surface area contributed by atoms with E-state index in [1.165, 1.54) is 0 Å².